The fourth-order valence-corrected chi connectivity index (χ4v) is 1.88. The number of pyridine rings is 1. The lowest BCUT2D eigenvalue weighted by Gasteiger charge is -2.14. The molecular weight excluding hydrogens is 294 g/mol. The molecule has 0 aliphatic carbocycles. The summed E-state index contributed by atoms with van der Waals surface area (Å²) in [6.07, 6.45) is 4.47. The van der Waals surface area contributed by atoms with Gasteiger partial charge in [0.15, 0.2) is 0 Å². The summed E-state index contributed by atoms with van der Waals surface area (Å²) in [5.74, 6) is -0.742. The van der Waals surface area contributed by atoms with Crippen molar-refractivity contribution in [1.82, 2.24) is 10.3 Å². The molecular formula is C17H17N3O3. The van der Waals surface area contributed by atoms with Crippen LogP contribution in [0, 0.1) is 5.41 Å². The van der Waals surface area contributed by atoms with E-state index in [1.807, 2.05) is 6.07 Å². The van der Waals surface area contributed by atoms with E-state index >= 15 is 0 Å². The fourth-order valence-electron chi connectivity index (χ4n) is 1.88. The van der Waals surface area contributed by atoms with Gasteiger partial charge in [-0.15, -0.1) is 0 Å². The number of nitrogens with one attached hydrogen (secondary N) is 2. The van der Waals surface area contributed by atoms with Gasteiger partial charge in [-0.1, -0.05) is 18.2 Å². The summed E-state index contributed by atoms with van der Waals surface area (Å²) in [5.41, 5.74) is 0.888. The summed E-state index contributed by atoms with van der Waals surface area (Å²) >= 11 is 0. The number of hydrogen-bond donors (Lipinski definition) is 2. The second-order valence-electron chi connectivity index (χ2n) is 4.78. The second-order valence-corrected chi connectivity index (χ2v) is 4.78. The van der Waals surface area contributed by atoms with Gasteiger partial charge in [0.25, 0.3) is 5.91 Å². The molecule has 1 aromatic heterocycles. The van der Waals surface area contributed by atoms with Crippen LogP contribution in [0.2, 0.25) is 0 Å². The van der Waals surface area contributed by atoms with E-state index in [2.05, 4.69) is 10.3 Å². The smallest absolute Gasteiger partial charge is 0.338 e. The predicted octanol–water partition coefficient (Wildman–Crippen LogP) is 2.08. The minimum Gasteiger partial charge on any atom is -0.462 e. The standard InChI is InChI=1S/C17H17N3O3/c18-11-15(20-16(21)14-7-4-9-19-12-14)8-10-23-17(22)13-5-2-1-3-6-13/h1-7,9,11-12,15,18H,8,10H2,(H,20,21)/t15-/m0/s1. The van der Waals surface area contributed by atoms with Crippen molar-refractivity contribution in [3.05, 3.63) is 66.0 Å². The van der Waals surface area contributed by atoms with Crippen LogP contribution in [0.3, 0.4) is 0 Å². The molecule has 0 fully saturated rings. The lowest BCUT2D eigenvalue weighted by Crippen LogP contribution is -2.36. The van der Waals surface area contributed by atoms with Gasteiger partial charge in [-0.05, 0) is 24.3 Å². The van der Waals surface area contributed by atoms with E-state index in [1.165, 1.54) is 6.20 Å². The summed E-state index contributed by atoms with van der Waals surface area (Å²) in [4.78, 5) is 27.6. The summed E-state index contributed by atoms with van der Waals surface area (Å²) in [7, 11) is 0. The largest absolute Gasteiger partial charge is 0.462 e. The van der Waals surface area contributed by atoms with Crippen LogP contribution in [0.5, 0.6) is 0 Å². The topological polar surface area (TPSA) is 92.1 Å². The zero-order chi connectivity index (χ0) is 16.5. The quantitative estimate of drug-likeness (QED) is 0.605. The number of carbonyl (C=O) groups is 2. The third kappa shape index (κ3) is 5.03. The minimum atomic E-state index is -0.508. The molecule has 0 saturated carbocycles. The van der Waals surface area contributed by atoms with Crippen molar-refractivity contribution < 1.29 is 14.3 Å². The van der Waals surface area contributed by atoms with E-state index in [0.29, 0.717) is 17.5 Å². The maximum Gasteiger partial charge on any atom is 0.338 e. The van der Waals surface area contributed by atoms with E-state index in [-0.39, 0.29) is 12.5 Å². The SMILES string of the molecule is N=C[C@H](CCOC(=O)c1ccccc1)NC(=O)c1cccnc1. The van der Waals surface area contributed by atoms with Crippen LogP contribution in [-0.4, -0.2) is 35.7 Å². The molecule has 2 rings (SSSR count). The summed E-state index contributed by atoms with van der Waals surface area (Å²) in [6.45, 7) is 0.112. The van der Waals surface area contributed by atoms with Crippen molar-refractivity contribution >= 4 is 18.1 Å². The van der Waals surface area contributed by atoms with Crippen molar-refractivity contribution in [2.24, 2.45) is 0 Å². The predicted molar refractivity (Wildman–Crippen MR) is 85.6 cm³/mol. The molecule has 6 nitrogen and oxygen atoms in total. The first kappa shape index (κ1) is 16.4. The molecule has 0 aliphatic rings. The number of esters is 1. The minimum absolute atomic E-state index is 0.112. The van der Waals surface area contributed by atoms with Crippen molar-refractivity contribution in [3.63, 3.8) is 0 Å². The van der Waals surface area contributed by atoms with E-state index in [1.54, 1.807) is 42.6 Å². The summed E-state index contributed by atoms with van der Waals surface area (Å²) < 4.78 is 5.14. The fraction of sp³-hybridized carbons (Fsp3) is 0.176. The molecule has 0 bridgehead atoms. The number of ether oxygens (including phenoxy) is 1. The first-order chi connectivity index (χ1) is 11.2. The van der Waals surface area contributed by atoms with Crippen molar-refractivity contribution in [3.8, 4) is 0 Å². The highest BCUT2D eigenvalue weighted by Crippen LogP contribution is 2.03. The van der Waals surface area contributed by atoms with Crippen molar-refractivity contribution in [2.75, 3.05) is 6.61 Å². The number of rotatable bonds is 7. The zero-order valence-electron chi connectivity index (χ0n) is 12.4. The number of nitrogens with zero attached hydrogens (tertiary/aromatic N) is 1. The Morgan fingerprint density at radius 2 is 1.91 bits per heavy atom. The molecule has 0 radical (unpaired) electrons. The lowest BCUT2D eigenvalue weighted by molar-refractivity contribution is 0.0496. The molecule has 1 amide bonds. The molecule has 1 atom stereocenters. The third-order valence-electron chi connectivity index (χ3n) is 3.11. The first-order valence-electron chi connectivity index (χ1n) is 7.14. The molecule has 0 saturated heterocycles. The van der Waals surface area contributed by atoms with Gasteiger partial charge >= 0.3 is 5.97 Å². The van der Waals surface area contributed by atoms with Gasteiger partial charge in [0, 0.05) is 25.0 Å². The molecule has 118 valence electrons. The first-order valence-corrected chi connectivity index (χ1v) is 7.14. The number of hydrogen-bond acceptors (Lipinski definition) is 5. The maximum absolute atomic E-state index is 12.0. The zero-order valence-corrected chi connectivity index (χ0v) is 12.4. The van der Waals surface area contributed by atoms with Gasteiger partial charge in [-0.3, -0.25) is 9.78 Å². The number of aromatic nitrogens is 1. The van der Waals surface area contributed by atoms with Crippen LogP contribution in [0.15, 0.2) is 54.9 Å². The number of amides is 1. The average Bonchev–Trinajstić information content (AvgIpc) is 2.62. The molecule has 6 heteroatoms. The summed E-state index contributed by atoms with van der Waals surface area (Å²) in [5, 5.41) is 10.1. The molecule has 0 spiro atoms. The van der Waals surface area contributed by atoms with Gasteiger partial charge in [0.2, 0.25) is 0 Å². The van der Waals surface area contributed by atoms with Crippen LogP contribution >= 0.6 is 0 Å². The van der Waals surface area contributed by atoms with Crippen molar-refractivity contribution in [2.45, 2.75) is 12.5 Å². The normalized spacial score (nSPS) is 11.3. The Labute approximate surface area is 134 Å². The molecule has 1 heterocycles. The highest BCUT2D eigenvalue weighted by molar-refractivity contribution is 5.95. The number of carbonyl (C=O) groups excluding carboxylic acids is 2. The molecule has 2 N–H and O–H groups in total. The van der Waals surface area contributed by atoms with Crippen LogP contribution in [-0.2, 0) is 4.74 Å². The maximum atomic E-state index is 12.0. The Hall–Kier alpha value is -3.02. The molecule has 2 aromatic rings. The van der Waals surface area contributed by atoms with Crippen LogP contribution in [0.1, 0.15) is 27.1 Å². The van der Waals surface area contributed by atoms with Crippen molar-refractivity contribution in [1.29, 1.82) is 5.41 Å². The van der Waals surface area contributed by atoms with Gasteiger partial charge in [-0.25, -0.2) is 4.79 Å². The third-order valence-corrected chi connectivity index (χ3v) is 3.11. The Morgan fingerprint density at radius 1 is 1.17 bits per heavy atom. The highest BCUT2D eigenvalue weighted by atomic mass is 16.5. The molecule has 0 unspecified atom stereocenters. The Balaban J connectivity index is 1.80. The molecule has 23 heavy (non-hydrogen) atoms. The Bertz CT molecular complexity index is 659. The van der Waals surface area contributed by atoms with Crippen LogP contribution < -0.4 is 5.32 Å². The number of benzene rings is 1. The highest BCUT2D eigenvalue weighted by Gasteiger charge is 2.13. The Kier molecular flexibility index (Phi) is 5.99. The van der Waals surface area contributed by atoms with E-state index in [0.717, 1.165) is 6.21 Å². The van der Waals surface area contributed by atoms with Gasteiger partial charge in [0.1, 0.15) is 0 Å². The van der Waals surface area contributed by atoms with Gasteiger partial charge in [-0.2, -0.15) is 0 Å². The molecule has 0 aliphatic heterocycles. The van der Waals surface area contributed by atoms with E-state index in [9.17, 15) is 9.59 Å². The lowest BCUT2D eigenvalue weighted by atomic mass is 10.2. The van der Waals surface area contributed by atoms with Crippen LogP contribution in [0.25, 0.3) is 0 Å². The van der Waals surface area contributed by atoms with Crippen LogP contribution in [0.4, 0.5) is 0 Å². The molecule has 1 aromatic carbocycles. The average molecular weight is 311 g/mol. The summed E-state index contributed by atoms with van der Waals surface area (Å²) in [6, 6.07) is 11.5. The van der Waals surface area contributed by atoms with E-state index < -0.39 is 12.0 Å². The van der Waals surface area contributed by atoms with Gasteiger partial charge < -0.3 is 15.5 Å². The Morgan fingerprint density at radius 3 is 2.57 bits per heavy atom. The monoisotopic (exact) mass is 311 g/mol. The van der Waals surface area contributed by atoms with E-state index in [4.69, 9.17) is 10.1 Å². The van der Waals surface area contributed by atoms with Gasteiger partial charge in [0.05, 0.1) is 23.8 Å². The second kappa shape index (κ2) is 8.43.